The van der Waals surface area contributed by atoms with E-state index in [0.717, 1.165) is 30.9 Å². The second kappa shape index (κ2) is 5.36. The van der Waals surface area contributed by atoms with Crippen LogP contribution in [0.1, 0.15) is 24.5 Å². The van der Waals surface area contributed by atoms with Gasteiger partial charge in [0.05, 0.1) is 11.7 Å². The molecule has 1 fully saturated rings. The monoisotopic (exact) mass is 245 g/mol. The Labute approximate surface area is 108 Å². The average molecular weight is 245 g/mol. The molecule has 0 amide bonds. The minimum absolute atomic E-state index is 0.215. The van der Waals surface area contributed by atoms with Gasteiger partial charge < -0.3 is 9.64 Å². The number of hydrogen-bond acceptors (Lipinski definition) is 4. The van der Waals surface area contributed by atoms with E-state index in [4.69, 9.17) is 4.74 Å². The number of rotatable bonds is 2. The Kier molecular flexibility index (Phi) is 3.83. The maximum absolute atomic E-state index is 9.26. The Morgan fingerprint density at radius 2 is 2.33 bits per heavy atom. The van der Waals surface area contributed by atoms with Crippen LogP contribution in [-0.4, -0.2) is 31.3 Å². The van der Waals surface area contributed by atoms with Crippen molar-refractivity contribution < 1.29 is 4.74 Å². The summed E-state index contributed by atoms with van der Waals surface area (Å²) >= 11 is 0. The molecule has 2 atom stereocenters. The van der Waals surface area contributed by atoms with Crippen LogP contribution in [0.2, 0.25) is 0 Å². The molecule has 4 nitrogen and oxygen atoms in total. The molecular weight excluding hydrogens is 226 g/mol. The third kappa shape index (κ3) is 2.32. The zero-order chi connectivity index (χ0) is 13.1. The van der Waals surface area contributed by atoms with Gasteiger partial charge in [-0.3, -0.25) is 0 Å². The number of ether oxygens (including phenoxy) is 1. The van der Waals surface area contributed by atoms with Crippen molar-refractivity contribution in [3.63, 3.8) is 0 Å². The van der Waals surface area contributed by atoms with Crippen molar-refractivity contribution in [1.82, 2.24) is 4.98 Å². The summed E-state index contributed by atoms with van der Waals surface area (Å²) < 4.78 is 5.51. The molecule has 2 heterocycles. The van der Waals surface area contributed by atoms with Crippen LogP contribution in [0.15, 0.2) is 12.3 Å². The number of aryl methyl sites for hydroxylation is 1. The van der Waals surface area contributed by atoms with Crippen molar-refractivity contribution in [3.8, 4) is 6.07 Å². The summed E-state index contributed by atoms with van der Waals surface area (Å²) in [5.41, 5.74) is 1.66. The minimum Gasteiger partial charge on any atom is -0.379 e. The summed E-state index contributed by atoms with van der Waals surface area (Å²) in [5.74, 6) is 1.35. The van der Waals surface area contributed by atoms with Gasteiger partial charge in [0.25, 0.3) is 0 Å². The first-order valence-corrected chi connectivity index (χ1v) is 6.30. The molecule has 0 saturated carbocycles. The van der Waals surface area contributed by atoms with E-state index in [1.807, 2.05) is 13.0 Å². The molecule has 4 heteroatoms. The largest absolute Gasteiger partial charge is 0.379 e. The molecule has 18 heavy (non-hydrogen) atoms. The van der Waals surface area contributed by atoms with Gasteiger partial charge in [0.1, 0.15) is 11.9 Å². The van der Waals surface area contributed by atoms with Gasteiger partial charge in [-0.15, -0.1) is 0 Å². The van der Waals surface area contributed by atoms with Crippen LogP contribution in [0.25, 0.3) is 0 Å². The van der Waals surface area contributed by atoms with Gasteiger partial charge in [-0.05, 0) is 30.9 Å². The molecule has 1 aromatic heterocycles. The van der Waals surface area contributed by atoms with Gasteiger partial charge in [-0.2, -0.15) is 5.26 Å². The maximum atomic E-state index is 9.26. The summed E-state index contributed by atoms with van der Waals surface area (Å²) in [7, 11) is 1.75. The Morgan fingerprint density at radius 1 is 1.56 bits per heavy atom. The van der Waals surface area contributed by atoms with E-state index in [1.54, 1.807) is 13.3 Å². The van der Waals surface area contributed by atoms with E-state index in [1.165, 1.54) is 0 Å². The van der Waals surface area contributed by atoms with Crippen LogP contribution < -0.4 is 4.90 Å². The number of nitrogens with zero attached hydrogens (tertiary/aromatic N) is 3. The number of pyridine rings is 1. The molecule has 0 radical (unpaired) electrons. The van der Waals surface area contributed by atoms with Crippen molar-refractivity contribution in [1.29, 1.82) is 5.26 Å². The first kappa shape index (κ1) is 12.8. The smallest absolute Gasteiger partial charge is 0.146 e. The zero-order valence-electron chi connectivity index (χ0n) is 11.2. The van der Waals surface area contributed by atoms with Crippen LogP contribution in [0.5, 0.6) is 0 Å². The molecule has 1 aliphatic heterocycles. The molecule has 1 saturated heterocycles. The summed E-state index contributed by atoms with van der Waals surface area (Å²) in [6.07, 6.45) is 3.05. The highest BCUT2D eigenvalue weighted by molar-refractivity contribution is 5.57. The molecule has 2 unspecified atom stereocenters. The second-order valence-corrected chi connectivity index (χ2v) is 4.92. The number of piperidine rings is 1. The van der Waals surface area contributed by atoms with Crippen molar-refractivity contribution >= 4 is 5.82 Å². The van der Waals surface area contributed by atoms with E-state index in [9.17, 15) is 5.26 Å². The standard InChI is InChI=1S/C14H19N3O/c1-10-4-6-16-14(12(10)8-15)17-7-5-11(2)13(9-17)18-3/h4,6,11,13H,5,7,9H2,1-3H3. The second-order valence-electron chi connectivity index (χ2n) is 4.92. The Morgan fingerprint density at radius 3 is 3.00 bits per heavy atom. The first-order chi connectivity index (χ1) is 8.67. The molecule has 0 aromatic carbocycles. The van der Waals surface area contributed by atoms with Gasteiger partial charge in [0.2, 0.25) is 0 Å². The van der Waals surface area contributed by atoms with Crippen molar-refractivity contribution in [2.45, 2.75) is 26.4 Å². The maximum Gasteiger partial charge on any atom is 0.146 e. The summed E-state index contributed by atoms with van der Waals surface area (Å²) in [6.45, 7) is 5.90. The van der Waals surface area contributed by atoms with Gasteiger partial charge in [0, 0.05) is 26.4 Å². The quantitative estimate of drug-likeness (QED) is 0.801. The molecule has 2 rings (SSSR count). The number of nitriles is 1. The zero-order valence-corrected chi connectivity index (χ0v) is 11.2. The van der Waals surface area contributed by atoms with Crippen LogP contribution in [0.4, 0.5) is 5.82 Å². The fourth-order valence-electron chi connectivity index (χ4n) is 2.45. The molecule has 0 bridgehead atoms. The van der Waals surface area contributed by atoms with E-state index in [-0.39, 0.29) is 6.10 Å². The molecule has 96 valence electrons. The van der Waals surface area contributed by atoms with Crippen LogP contribution in [-0.2, 0) is 4.74 Å². The normalized spacial score (nSPS) is 23.8. The van der Waals surface area contributed by atoms with Crippen LogP contribution >= 0.6 is 0 Å². The first-order valence-electron chi connectivity index (χ1n) is 6.30. The lowest BCUT2D eigenvalue weighted by molar-refractivity contribution is 0.0496. The summed E-state index contributed by atoms with van der Waals surface area (Å²) in [5, 5.41) is 9.26. The molecule has 0 spiro atoms. The lowest BCUT2D eigenvalue weighted by Crippen LogP contribution is -2.44. The van der Waals surface area contributed by atoms with Crippen LogP contribution in [0, 0.1) is 24.2 Å². The molecule has 1 aromatic rings. The predicted octanol–water partition coefficient (Wildman–Crippen LogP) is 2.12. The Bertz CT molecular complexity index is 467. The third-order valence-corrected chi connectivity index (χ3v) is 3.74. The highest BCUT2D eigenvalue weighted by Gasteiger charge is 2.28. The average Bonchev–Trinajstić information content (AvgIpc) is 2.39. The van der Waals surface area contributed by atoms with Gasteiger partial charge >= 0.3 is 0 Å². The molecular formula is C14H19N3O. The van der Waals surface area contributed by atoms with E-state index < -0.39 is 0 Å². The highest BCUT2D eigenvalue weighted by Crippen LogP contribution is 2.26. The SMILES string of the molecule is COC1CN(c2nccc(C)c2C#N)CCC1C. The van der Waals surface area contributed by atoms with Gasteiger partial charge in [-0.25, -0.2) is 4.98 Å². The number of hydrogen-bond donors (Lipinski definition) is 0. The Balaban J connectivity index is 2.28. The lowest BCUT2D eigenvalue weighted by Gasteiger charge is -2.37. The summed E-state index contributed by atoms with van der Waals surface area (Å²) in [4.78, 5) is 6.54. The third-order valence-electron chi connectivity index (χ3n) is 3.74. The van der Waals surface area contributed by atoms with Gasteiger partial charge in [0.15, 0.2) is 0 Å². The van der Waals surface area contributed by atoms with Crippen LogP contribution in [0.3, 0.4) is 0 Å². The molecule has 1 aliphatic rings. The predicted molar refractivity (Wildman–Crippen MR) is 70.5 cm³/mol. The van der Waals surface area contributed by atoms with E-state index in [0.29, 0.717) is 11.5 Å². The fourth-order valence-corrected chi connectivity index (χ4v) is 2.45. The lowest BCUT2D eigenvalue weighted by atomic mass is 9.95. The molecule has 0 aliphatic carbocycles. The van der Waals surface area contributed by atoms with E-state index >= 15 is 0 Å². The van der Waals surface area contributed by atoms with Crippen molar-refractivity contribution in [2.24, 2.45) is 5.92 Å². The summed E-state index contributed by atoms with van der Waals surface area (Å²) in [6, 6.07) is 4.14. The highest BCUT2D eigenvalue weighted by atomic mass is 16.5. The topological polar surface area (TPSA) is 49.1 Å². The van der Waals surface area contributed by atoms with Gasteiger partial charge in [-0.1, -0.05) is 6.92 Å². The molecule has 0 N–H and O–H groups in total. The number of anilines is 1. The number of aromatic nitrogens is 1. The minimum atomic E-state index is 0.215. The number of methoxy groups -OCH3 is 1. The van der Waals surface area contributed by atoms with Crippen molar-refractivity contribution in [3.05, 3.63) is 23.4 Å². The van der Waals surface area contributed by atoms with Crippen molar-refractivity contribution in [2.75, 3.05) is 25.1 Å². The van der Waals surface area contributed by atoms with E-state index in [2.05, 4.69) is 22.9 Å². The Hall–Kier alpha value is -1.60. The fraction of sp³-hybridized carbons (Fsp3) is 0.571.